The number of rotatable bonds is 5. The summed E-state index contributed by atoms with van der Waals surface area (Å²) < 4.78 is 4.77. The molecule has 3 N–H and O–H groups in total. The van der Waals surface area contributed by atoms with Gasteiger partial charge in [-0.3, -0.25) is 5.32 Å². The summed E-state index contributed by atoms with van der Waals surface area (Å²) in [4.78, 5) is 22.8. The molecule has 0 heterocycles. The molecular formula is C14H21N3O3. The van der Waals surface area contributed by atoms with E-state index in [9.17, 15) is 9.59 Å². The number of benzene rings is 1. The molecule has 20 heavy (non-hydrogen) atoms. The van der Waals surface area contributed by atoms with Crippen molar-refractivity contribution in [3.8, 4) is 0 Å². The Morgan fingerprint density at radius 2 is 1.65 bits per heavy atom. The van der Waals surface area contributed by atoms with Crippen molar-refractivity contribution in [3.63, 3.8) is 0 Å². The van der Waals surface area contributed by atoms with E-state index in [1.807, 2.05) is 13.8 Å². The van der Waals surface area contributed by atoms with Gasteiger partial charge in [0.2, 0.25) is 0 Å². The lowest BCUT2D eigenvalue weighted by Crippen LogP contribution is -2.31. The maximum atomic E-state index is 11.6. The normalized spacial score (nSPS) is 10.0. The first-order valence-corrected chi connectivity index (χ1v) is 6.60. The predicted octanol–water partition coefficient (Wildman–Crippen LogP) is 3.03. The number of carbonyl (C=O) groups is 2. The molecule has 0 aliphatic heterocycles. The summed E-state index contributed by atoms with van der Waals surface area (Å²) in [5.41, 5.74) is 1.26. The van der Waals surface area contributed by atoms with Crippen LogP contribution < -0.4 is 16.0 Å². The van der Waals surface area contributed by atoms with Crippen LogP contribution in [0.15, 0.2) is 24.3 Å². The second-order valence-corrected chi connectivity index (χ2v) is 4.65. The lowest BCUT2D eigenvalue weighted by Gasteiger charge is -2.10. The van der Waals surface area contributed by atoms with Crippen LogP contribution in [0.2, 0.25) is 0 Å². The van der Waals surface area contributed by atoms with Crippen LogP contribution in [0.3, 0.4) is 0 Å². The van der Waals surface area contributed by atoms with Crippen molar-refractivity contribution in [1.29, 1.82) is 0 Å². The topological polar surface area (TPSA) is 79.5 Å². The molecule has 0 aliphatic carbocycles. The molecule has 0 radical (unpaired) electrons. The fourth-order valence-corrected chi connectivity index (χ4v) is 1.39. The third-order valence-electron chi connectivity index (χ3n) is 2.34. The average molecular weight is 279 g/mol. The molecule has 0 fully saturated rings. The molecule has 0 unspecified atom stereocenters. The third-order valence-corrected chi connectivity index (χ3v) is 2.34. The smallest absolute Gasteiger partial charge is 0.411 e. The van der Waals surface area contributed by atoms with E-state index in [2.05, 4.69) is 16.0 Å². The molecule has 0 saturated heterocycles. The van der Waals surface area contributed by atoms with Crippen molar-refractivity contribution in [3.05, 3.63) is 24.3 Å². The highest BCUT2D eigenvalue weighted by molar-refractivity contribution is 5.90. The highest BCUT2D eigenvalue weighted by Gasteiger charge is 2.04. The van der Waals surface area contributed by atoms with Crippen molar-refractivity contribution in [2.75, 3.05) is 23.8 Å². The molecule has 110 valence electrons. The van der Waals surface area contributed by atoms with Gasteiger partial charge in [0.1, 0.15) is 0 Å². The van der Waals surface area contributed by atoms with Crippen LogP contribution in [0.5, 0.6) is 0 Å². The Balaban J connectivity index is 2.46. The van der Waals surface area contributed by atoms with E-state index in [-0.39, 0.29) is 6.03 Å². The summed E-state index contributed by atoms with van der Waals surface area (Å²) in [6.07, 6.45) is -0.497. The van der Waals surface area contributed by atoms with Gasteiger partial charge in [0, 0.05) is 17.9 Å². The number of hydrogen-bond donors (Lipinski definition) is 3. The Hall–Kier alpha value is -2.24. The highest BCUT2D eigenvalue weighted by atomic mass is 16.5. The number of nitrogens with one attached hydrogen (secondary N) is 3. The van der Waals surface area contributed by atoms with Crippen LogP contribution in [0.25, 0.3) is 0 Å². The minimum absolute atomic E-state index is 0.246. The summed E-state index contributed by atoms with van der Waals surface area (Å²) in [6.45, 7) is 6.73. The van der Waals surface area contributed by atoms with E-state index in [1.165, 1.54) is 0 Å². The van der Waals surface area contributed by atoms with E-state index in [4.69, 9.17) is 4.74 Å². The summed E-state index contributed by atoms with van der Waals surface area (Å²) >= 11 is 0. The number of carbonyl (C=O) groups excluding carboxylic acids is 2. The van der Waals surface area contributed by atoms with Crippen LogP contribution in [0.4, 0.5) is 21.0 Å². The Labute approximate surface area is 118 Å². The SMILES string of the molecule is CCOC(=O)Nc1ccc(NC(=O)NCC(C)C)cc1. The first-order chi connectivity index (χ1) is 9.51. The van der Waals surface area contributed by atoms with Gasteiger partial charge in [-0.1, -0.05) is 13.8 Å². The second-order valence-electron chi connectivity index (χ2n) is 4.65. The maximum Gasteiger partial charge on any atom is 0.411 e. The molecule has 1 aromatic rings. The number of hydrogen-bond acceptors (Lipinski definition) is 3. The summed E-state index contributed by atoms with van der Waals surface area (Å²) in [7, 11) is 0. The molecule has 0 aliphatic rings. The van der Waals surface area contributed by atoms with Gasteiger partial charge in [0.15, 0.2) is 0 Å². The molecule has 0 aromatic heterocycles. The van der Waals surface area contributed by atoms with Gasteiger partial charge in [-0.2, -0.15) is 0 Å². The standard InChI is InChI=1S/C14H21N3O3/c1-4-20-14(19)17-12-7-5-11(6-8-12)16-13(18)15-9-10(2)3/h5-8,10H,4,9H2,1-3H3,(H,17,19)(H2,15,16,18). The summed E-state index contributed by atoms with van der Waals surface area (Å²) in [5.74, 6) is 0.400. The number of amides is 3. The fraction of sp³-hybridized carbons (Fsp3) is 0.429. The Kier molecular flexibility index (Phi) is 6.36. The van der Waals surface area contributed by atoms with Crippen LogP contribution in [0, 0.1) is 5.92 Å². The molecule has 0 atom stereocenters. The molecule has 3 amide bonds. The first-order valence-electron chi connectivity index (χ1n) is 6.60. The van der Waals surface area contributed by atoms with Crippen LogP contribution >= 0.6 is 0 Å². The van der Waals surface area contributed by atoms with Crippen molar-refractivity contribution in [2.45, 2.75) is 20.8 Å². The predicted molar refractivity (Wildman–Crippen MR) is 78.9 cm³/mol. The fourth-order valence-electron chi connectivity index (χ4n) is 1.39. The minimum Gasteiger partial charge on any atom is -0.450 e. The van der Waals surface area contributed by atoms with Gasteiger partial charge in [-0.15, -0.1) is 0 Å². The zero-order valence-electron chi connectivity index (χ0n) is 12.0. The largest absolute Gasteiger partial charge is 0.450 e. The molecule has 0 bridgehead atoms. The van der Waals surface area contributed by atoms with Gasteiger partial charge in [0.05, 0.1) is 6.61 Å². The van der Waals surface area contributed by atoms with Gasteiger partial charge < -0.3 is 15.4 Å². The van der Waals surface area contributed by atoms with Crippen LogP contribution in [-0.2, 0) is 4.74 Å². The van der Waals surface area contributed by atoms with E-state index in [0.717, 1.165) is 0 Å². The maximum absolute atomic E-state index is 11.6. The average Bonchev–Trinajstić information content (AvgIpc) is 2.39. The Morgan fingerprint density at radius 3 is 2.15 bits per heavy atom. The lowest BCUT2D eigenvalue weighted by atomic mass is 10.2. The zero-order valence-corrected chi connectivity index (χ0v) is 12.0. The molecule has 0 saturated carbocycles. The molecule has 6 heteroatoms. The van der Waals surface area contributed by atoms with Gasteiger partial charge in [0.25, 0.3) is 0 Å². The lowest BCUT2D eigenvalue weighted by molar-refractivity contribution is 0.168. The Morgan fingerprint density at radius 1 is 1.10 bits per heavy atom. The number of ether oxygens (including phenoxy) is 1. The first kappa shape index (κ1) is 15.8. The van der Waals surface area contributed by atoms with E-state index in [1.54, 1.807) is 31.2 Å². The van der Waals surface area contributed by atoms with Crippen LogP contribution in [0.1, 0.15) is 20.8 Å². The van der Waals surface area contributed by atoms with Crippen molar-refractivity contribution in [2.24, 2.45) is 5.92 Å². The highest BCUT2D eigenvalue weighted by Crippen LogP contribution is 2.13. The van der Waals surface area contributed by atoms with Crippen molar-refractivity contribution >= 4 is 23.5 Å². The monoisotopic (exact) mass is 279 g/mol. The number of anilines is 2. The van der Waals surface area contributed by atoms with Gasteiger partial charge in [-0.05, 0) is 37.1 Å². The van der Waals surface area contributed by atoms with Crippen LogP contribution in [-0.4, -0.2) is 25.3 Å². The van der Waals surface area contributed by atoms with Crippen molar-refractivity contribution < 1.29 is 14.3 Å². The van der Waals surface area contributed by atoms with Crippen molar-refractivity contribution in [1.82, 2.24) is 5.32 Å². The van der Waals surface area contributed by atoms with E-state index >= 15 is 0 Å². The quantitative estimate of drug-likeness (QED) is 0.775. The summed E-state index contributed by atoms with van der Waals surface area (Å²) in [5, 5.41) is 8.04. The second kappa shape index (κ2) is 8.04. The van der Waals surface area contributed by atoms with E-state index in [0.29, 0.717) is 30.4 Å². The number of urea groups is 1. The Bertz CT molecular complexity index is 443. The third kappa shape index (κ3) is 6.08. The molecule has 1 rings (SSSR count). The van der Waals surface area contributed by atoms with E-state index < -0.39 is 6.09 Å². The van der Waals surface area contributed by atoms with Gasteiger partial charge >= 0.3 is 12.1 Å². The minimum atomic E-state index is -0.497. The molecular weight excluding hydrogens is 258 g/mol. The molecule has 6 nitrogen and oxygen atoms in total. The molecule has 1 aromatic carbocycles. The summed E-state index contributed by atoms with van der Waals surface area (Å²) in [6, 6.07) is 6.54. The van der Waals surface area contributed by atoms with Gasteiger partial charge in [-0.25, -0.2) is 9.59 Å². The zero-order chi connectivity index (χ0) is 15.0. The molecule has 0 spiro atoms.